The van der Waals surface area contributed by atoms with Crippen molar-refractivity contribution in [3.63, 3.8) is 0 Å². The molecule has 0 amide bonds. The van der Waals surface area contributed by atoms with Crippen LogP contribution in [0.2, 0.25) is 0 Å². The number of ether oxygens (including phenoxy) is 1. The first-order valence-corrected chi connectivity index (χ1v) is 7.00. The third-order valence-corrected chi connectivity index (χ3v) is 3.02. The summed E-state index contributed by atoms with van der Waals surface area (Å²) in [5, 5.41) is 3.41. The Hall–Kier alpha value is -1.94. The number of aromatic nitrogens is 1. The normalized spacial score (nSPS) is 11.4. The van der Waals surface area contributed by atoms with Gasteiger partial charge in [-0.3, -0.25) is 4.98 Å². The molecule has 0 unspecified atom stereocenters. The van der Waals surface area contributed by atoms with Gasteiger partial charge in [0.15, 0.2) is 0 Å². The van der Waals surface area contributed by atoms with Crippen LogP contribution in [-0.2, 0) is 13.2 Å². The summed E-state index contributed by atoms with van der Waals surface area (Å²) in [5.74, 6) is 0.424. The first-order chi connectivity index (χ1) is 9.96. The topological polar surface area (TPSA) is 34.2 Å². The maximum atomic E-state index is 13.6. The molecule has 0 atom stereocenters. The molecule has 3 nitrogen and oxygen atoms in total. The van der Waals surface area contributed by atoms with Gasteiger partial charge in [0.1, 0.15) is 18.2 Å². The highest BCUT2D eigenvalue weighted by molar-refractivity contribution is 5.30. The number of pyridine rings is 1. The second-order valence-corrected chi connectivity index (χ2v) is 5.97. The van der Waals surface area contributed by atoms with Gasteiger partial charge in [-0.15, -0.1) is 0 Å². The number of benzene rings is 1. The van der Waals surface area contributed by atoms with Crippen LogP contribution in [0.4, 0.5) is 4.39 Å². The largest absolute Gasteiger partial charge is 0.487 e. The van der Waals surface area contributed by atoms with E-state index in [4.69, 9.17) is 4.74 Å². The Balaban J connectivity index is 2.05. The van der Waals surface area contributed by atoms with E-state index in [1.807, 2.05) is 6.07 Å². The predicted molar refractivity (Wildman–Crippen MR) is 81.6 cm³/mol. The minimum atomic E-state index is -0.254. The number of hydrogen-bond donors (Lipinski definition) is 1. The van der Waals surface area contributed by atoms with Crippen LogP contribution in [0, 0.1) is 5.82 Å². The summed E-state index contributed by atoms with van der Waals surface area (Å²) >= 11 is 0. The molecule has 1 aromatic carbocycles. The SMILES string of the molecule is CC(C)(C)NCc1ccncc1OCc1ccccc1F. The molecule has 2 aromatic rings. The molecule has 1 N–H and O–H groups in total. The number of nitrogens with one attached hydrogen (secondary N) is 1. The fourth-order valence-corrected chi connectivity index (χ4v) is 1.82. The van der Waals surface area contributed by atoms with E-state index in [2.05, 4.69) is 31.1 Å². The van der Waals surface area contributed by atoms with Crippen LogP contribution in [0.15, 0.2) is 42.7 Å². The van der Waals surface area contributed by atoms with Gasteiger partial charge in [0.2, 0.25) is 0 Å². The monoisotopic (exact) mass is 288 g/mol. The Bertz CT molecular complexity index is 593. The molecule has 0 saturated carbocycles. The predicted octanol–water partition coefficient (Wildman–Crippen LogP) is 3.69. The summed E-state index contributed by atoms with van der Waals surface area (Å²) in [6.45, 7) is 7.19. The van der Waals surface area contributed by atoms with Crippen LogP contribution in [-0.4, -0.2) is 10.5 Å². The third-order valence-electron chi connectivity index (χ3n) is 3.02. The number of hydrogen-bond acceptors (Lipinski definition) is 3. The molecule has 0 saturated heterocycles. The molecule has 0 fully saturated rings. The van der Waals surface area contributed by atoms with Crippen LogP contribution >= 0.6 is 0 Å². The maximum absolute atomic E-state index is 13.6. The summed E-state index contributed by atoms with van der Waals surface area (Å²) < 4.78 is 19.3. The Morgan fingerprint density at radius 1 is 1.14 bits per heavy atom. The quantitative estimate of drug-likeness (QED) is 0.911. The van der Waals surface area contributed by atoms with Gasteiger partial charge < -0.3 is 10.1 Å². The van der Waals surface area contributed by atoms with E-state index >= 15 is 0 Å². The molecule has 0 aliphatic rings. The second kappa shape index (κ2) is 6.68. The molecular weight excluding hydrogens is 267 g/mol. The van der Waals surface area contributed by atoms with Gasteiger partial charge in [-0.05, 0) is 32.9 Å². The van der Waals surface area contributed by atoms with Crippen molar-refractivity contribution < 1.29 is 9.13 Å². The zero-order valence-corrected chi connectivity index (χ0v) is 12.7. The van der Waals surface area contributed by atoms with Gasteiger partial charge in [-0.1, -0.05) is 18.2 Å². The lowest BCUT2D eigenvalue weighted by molar-refractivity contribution is 0.293. The molecule has 112 valence electrons. The van der Waals surface area contributed by atoms with E-state index in [9.17, 15) is 4.39 Å². The highest BCUT2D eigenvalue weighted by Gasteiger charge is 2.11. The standard InChI is InChI=1S/C17H21FN2O/c1-17(2,3)20-10-13-8-9-19-11-16(13)21-12-14-6-4-5-7-15(14)18/h4-9,11,20H,10,12H2,1-3H3. The lowest BCUT2D eigenvalue weighted by atomic mass is 10.1. The van der Waals surface area contributed by atoms with Gasteiger partial charge in [0.05, 0.1) is 6.20 Å². The van der Waals surface area contributed by atoms with Gasteiger partial charge in [-0.25, -0.2) is 4.39 Å². The van der Waals surface area contributed by atoms with Crippen LogP contribution in [0.25, 0.3) is 0 Å². The van der Waals surface area contributed by atoms with Gasteiger partial charge in [0.25, 0.3) is 0 Å². The molecular formula is C17H21FN2O. The van der Waals surface area contributed by atoms with Crippen molar-refractivity contribution >= 4 is 0 Å². The summed E-state index contributed by atoms with van der Waals surface area (Å²) in [5.41, 5.74) is 1.57. The summed E-state index contributed by atoms with van der Waals surface area (Å²) in [6, 6.07) is 8.53. The molecule has 4 heteroatoms. The van der Waals surface area contributed by atoms with Gasteiger partial charge >= 0.3 is 0 Å². The van der Waals surface area contributed by atoms with Crippen LogP contribution in [0.1, 0.15) is 31.9 Å². The molecule has 1 aromatic heterocycles. The molecule has 0 spiro atoms. The molecule has 1 heterocycles. The summed E-state index contributed by atoms with van der Waals surface area (Å²) in [7, 11) is 0. The average Bonchev–Trinajstić information content (AvgIpc) is 2.44. The first kappa shape index (κ1) is 15.4. The van der Waals surface area contributed by atoms with Crippen LogP contribution in [0.5, 0.6) is 5.75 Å². The maximum Gasteiger partial charge on any atom is 0.142 e. The molecule has 21 heavy (non-hydrogen) atoms. The molecule has 0 radical (unpaired) electrons. The lowest BCUT2D eigenvalue weighted by Gasteiger charge is -2.21. The van der Waals surface area contributed by atoms with E-state index in [0.29, 0.717) is 17.9 Å². The van der Waals surface area contributed by atoms with E-state index in [0.717, 1.165) is 5.56 Å². The zero-order chi connectivity index (χ0) is 15.3. The minimum absolute atomic E-state index is 0.0199. The lowest BCUT2D eigenvalue weighted by Crippen LogP contribution is -2.35. The number of halogens is 1. The van der Waals surface area contributed by atoms with Gasteiger partial charge in [0, 0.05) is 29.4 Å². The second-order valence-electron chi connectivity index (χ2n) is 5.97. The fraction of sp³-hybridized carbons (Fsp3) is 0.353. The summed E-state index contributed by atoms with van der Waals surface area (Å²) in [6.07, 6.45) is 3.40. The highest BCUT2D eigenvalue weighted by atomic mass is 19.1. The zero-order valence-electron chi connectivity index (χ0n) is 12.7. The molecule has 2 rings (SSSR count). The van der Waals surface area contributed by atoms with Crippen molar-refractivity contribution in [3.05, 3.63) is 59.7 Å². The van der Waals surface area contributed by atoms with Crippen molar-refractivity contribution in [1.82, 2.24) is 10.3 Å². The average molecular weight is 288 g/mol. The van der Waals surface area contributed by atoms with Crippen molar-refractivity contribution in [2.45, 2.75) is 39.5 Å². The first-order valence-electron chi connectivity index (χ1n) is 7.00. The van der Waals surface area contributed by atoms with E-state index < -0.39 is 0 Å². The molecule has 0 bridgehead atoms. The minimum Gasteiger partial charge on any atom is -0.487 e. The highest BCUT2D eigenvalue weighted by Crippen LogP contribution is 2.19. The van der Waals surface area contributed by atoms with Crippen molar-refractivity contribution in [2.24, 2.45) is 0 Å². The Kier molecular flexibility index (Phi) is 4.91. The Labute approximate surface area is 125 Å². The van der Waals surface area contributed by atoms with E-state index in [1.54, 1.807) is 30.6 Å². The van der Waals surface area contributed by atoms with E-state index in [-0.39, 0.29) is 18.0 Å². The third kappa shape index (κ3) is 4.83. The Morgan fingerprint density at radius 3 is 2.62 bits per heavy atom. The van der Waals surface area contributed by atoms with Crippen molar-refractivity contribution in [2.75, 3.05) is 0 Å². The van der Waals surface area contributed by atoms with Crippen LogP contribution < -0.4 is 10.1 Å². The van der Waals surface area contributed by atoms with Crippen molar-refractivity contribution in [3.8, 4) is 5.75 Å². The van der Waals surface area contributed by atoms with Crippen molar-refractivity contribution in [1.29, 1.82) is 0 Å². The molecule has 0 aliphatic heterocycles. The number of nitrogens with zero attached hydrogens (tertiary/aromatic N) is 1. The van der Waals surface area contributed by atoms with Crippen LogP contribution in [0.3, 0.4) is 0 Å². The fourth-order valence-electron chi connectivity index (χ4n) is 1.82. The Morgan fingerprint density at radius 2 is 1.90 bits per heavy atom. The van der Waals surface area contributed by atoms with E-state index in [1.165, 1.54) is 6.07 Å². The molecule has 0 aliphatic carbocycles. The number of rotatable bonds is 5. The smallest absolute Gasteiger partial charge is 0.142 e. The van der Waals surface area contributed by atoms with Gasteiger partial charge in [-0.2, -0.15) is 0 Å². The summed E-state index contributed by atoms with van der Waals surface area (Å²) in [4.78, 5) is 4.08.